The second-order valence-electron chi connectivity index (χ2n) is 4.74. The van der Waals surface area contributed by atoms with E-state index in [0.717, 1.165) is 17.8 Å². The number of halogens is 1. The molecule has 0 radical (unpaired) electrons. The zero-order chi connectivity index (χ0) is 13.3. The largest absolute Gasteiger partial charge is 0.379 e. The maximum atomic E-state index is 12.2. The lowest BCUT2D eigenvalue weighted by Crippen LogP contribution is -2.49. The smallest absolute Gasteiger partial charge is 0.161 e. The molecule has 0 spiro atoms. The molecule has 0 amide bonds. The number of aryl methyl sites for hydroxylation is 2. The van der Waals surface area contributed by atoms with Gasteiger partial charge in [-0.1, -0.05) is 18.5 Å². The zero-order valence-electron chi connectivity index (χ0n) is 10.7. The molecule has 2 heterocycles. The number of rotatable bonds is 4. The predicted octanol–water partition coefficient (Wildman–Crippen LogP) is 0.865. The fourth-order valence-corrected chi connectivity index (χ4v) is 2.50. The molecule has 1 aliphatic rings. The molecule has 1 aromatic heterocycles. The number of carbonyl (C=O) groups is 1. The van der Waals surface area contributed by atoms with Gasteiger partial charge in [-0.25, -0.2) is 0 Å². The number of hydrogen-bond donors (Lipinski definition) is 1. The third-order valence-corrected chi connectivity index (χ3v) is 3.87. The molecule has 100 valence electrons. The molecule has 1 unspecified atom stereocenters. The molecule has 1 saturated heterocycles. The average Bonchev–Trinajstić information content (AvgIpc) is 2.89. The Hall–Kier alpha value is -0.910. The van der Waals surface area contributed by atoms with Crippen molar-refractivity contribution in [1.29, 1.82) is 0 Å². The molecule has 0 aromatic carbocycles. The third kappa shape index (κ3) is 2.30. The molecule has 1 aromatic rings. The molecule has 5 nitrogen and oxygen atoms in total. The first kappa shape index (κ1) is 13.5. The molecular weight excluding hydrogens is 254 g/mol. The number of nitrogens with zero attached hydrogens (tertiary/aromatic N) is 2. The SMILES string of the molecule is CCc1nn(C)c(CC(=O)C2(N)CCOC2)c1Cl. The molecule has 18 heavy (non-hydrogen) atoms. The molecule has 1 atom stereocenters. The van der Waals surface area contributed by atoms with Crippen molar-refractivity contribution in [3.63, 3.8) is 0 Å². The minimum absolute atomic E-state index is 0.0347. The Morgan fingerprint density at radius 2 is 2.39 bits per heavy atom. The van der Waals surface area contributed by atoms with E-state index < -0.39 is 5.54 Å². The number of carbonyl (C=O) groups excluding carboxylic acids is 1. The molecule has 0 saturated carbocycles. The molecule has 2 N–H and O–H groups in total. The van der Waals surface area contributed by atoms with Crippen LogP contribution in [0, 0.1) is 0 Å². The van der Waals surface area contributed by atoms with E-state index in [1.54, 1.807) is 11.7 Å². The first-order chi connectivity index (χ1) is 8.48. The van der Waals surface area contributed by atoms with Gasteiger partial charge in [-0.3, -0.25) is 9.48 Å². The number of hydrogen-bond acceptors (Lipinski definition) is 4. The highest BCUT2D eigenvalue weighted by molar-refractivity contribution is 6.32. The van der Waals surface area contributed by atoms with Crippen LogP contribution in [0.3, 0.4) is 0 Å². The Morgan fingerprint density at radius 1 is 1.67 bits per heavy atom. The highest BCUT2D eigenvalue weighted by atomic mass is 35.5. The topological polar surface area (TPSA) is 70.1 Å². The maximum Gasteiger partial charge on any atom is 0.161 e. The number of aromatic nitrogens is 2. The Balaban J connectivity index is 2.19. The van der Waals surface area contributed by atoms with Crippen LogP contribution in [0.5, 0.6) is 0 Å². The summed E-state index contributed by atoms with van der Waals surface area (Å²) in [7, 11) is 1.79. The van der Waals surface area contributed by atoms with Gasteiger partial charge in [0.25, 0.3) is 0 Å². The van der Waals surface area contributed by atoms with Crippen molar-refractivity contribution in [2.45, 2.75) is 31.7 Å². The standard InChI is InChI=1S/C12H18ClN3O2/c1-3-8-11(13)9(16(2)15-8)6-10(17)12(14)4-5-18-7-12/h3-7,14H2,1-2H3. The number of nitrogens with two attached hydrogens (primary N) is 1. The van der Waals surface area contributed by atoms with Gasteiger partial charge >= 0.3 is 0 Å². The molecule has 0 bridgehead atoms. The minimum Gasteiger partial charge on any atom is -0.379 e. The van der Waals surface area contributed by atoms with Crippen LogP contribution in [0.15, 0.2) is 0 Å². The summed E-state index contributed by atoms with van der Waals surface area (Å²) in [6.07, 6.45) is 1.53. The van der Waals surface area contributed by atoms with Crippen LogP contribution in [-0.4, -0.2) is 34.3 Å². The normalized spacial score (nSPS) is 23.6. The molecule has 2 rings (SSSR count). The van der Waals surface area contributed by atoms with Gasteiger partial charge in [-0.2, -0.15) is 5.10 Å². The van der Waals surface area contributed by atoms with Crippen molar-refractivity contribution in [2.75, 3.05) is 13.2 Å². The van der Waals surface area contributed by atoms with Crippen molar-refractivity contribution >= 4 is 17.4 Å². The third-order valence-electron chi connectivity index (χ3n) is 3.44. The van der Waals surface area contributed by atoms with Crippen LogP contribution in [0.1, 0.15) is 24.7 Å². The summed E-state index contributed by atoms with van der Waals surface area (Å²) in [6.45, 7) is 2.82. The summed E-state index contributed by atoms with van der Waals surface area (Å²) in [6, 6.07) is 0. The Kier molecular flexibility index (Phi) is 3.75. The van der Waals surface area contributed by atoms with Crippen molar-refractivity contribution in [3.8, 4) is 0 Å². The van der Waals surface area contributed by atoms with Gasteiger partial charge in [0.15, 0.2) is 5.78 Å². The summed E-state index contributed by atoms with van der Waals surface area (Å²) in [4.78, 5) is 12.2. The van der Waals surface area contributed by atoms with E-state index >= 15 is 0 Å². The highest BCUT2D eigenvalue weighted by Crippen LogP contribution is 2.24. The van der Waals surface area contributed by atoms with Crippen molar-refractivity contribution in [1.82, 2.24) is 9.78 Å². The van der Waals surface area contributed by atoms with Crippen LogP contribution in [0.25, 0.3) is 0 Å². The van der Waals surface area contributed by atoms with Crippen LogP contribution in [-0.2, 0) is 29.4 Å². The van der Waals surface area contributed by atoms with Gasteiger partial charge < -0.3 is 10.5 Å². The fourth-order valence-electron chi connectivity index (χ4n) is 2.14. The van der Waals surface area contributed by atoms with E-state index in [0.29, 0.717) is 24.7 Å². The van der Waals surface area contributed by atoms with Gasteiger partial charge in [0.2, 0.25) is 0 Å². The zero-order valence-corrected chi connectivity index (χ0v) is 11.5. The molecular formula is C12H18ClN3O2. The average molecular weight is 272 g/mol. The lowest BCUT2D eigenvalue weighted by Gasteiger charge is -2.19. The van der Waals surface area contributed by atoms with E-state index in [-0.39, 0.29) is 12.2 Å². The summed E-state index contributed by atoms with van der Waals surface area (Å²) >= 11 is 6.22. The monoisotopic (exact) mass is 271 g/mol. The molecule has 1 aliphatic heterocycles. The quantitative estimate of drug-likeness (QED) is 0.882. The summed E-state index contributed by atoms with van der Waals surface area (Å²) in [5.41, 5.74) is 6.73. The molecule has 6 heteroatoms. The molecule has 1 fully saturated rings. The molecule has 0 aliphatic carbocycles. The fraction of sp³-hybridized carbons (Fsp3) is 0.667. The van der Waals surface area contributed by atoms with Crippen molar-refractivity contribution in [3.05, 3.63) is 16.4 Å². The van der Waals surface area contributed by atoms with E-state index in [1.165, 1.54) is 0 Å². The summed E-state index contributed by atoms with van der Waals surface area (Å²) < 4.78 is 6.87. The van der Waals surface area contributed by atoms with Gasteiger partial charge in [0, 0.05) is 13.7 Å². The predicted molar refractivity (Wildman–Crippen MR) is 68.7 cm³/mol. The minimum atomic E-state index is -0.861. The van der Waals surface area contributed by atoms with E-state index in [4.69, 9.17) is 22.1 Å². The number of ether oxygens (including phenoxy) is 1. The second-order valence-corrected chi connectivity index (χ2v) is 5.12. The van der Waals surface area contributed by atoms with E-state index in [1.807, 2.05) is 6.92 Å². The lowest BCUT2D eigenvalue weighted by atomic mass is 9.91. The van der Waals surface area contributed by atoms with E-state index in [2.05, 4.69) is 5.10 Å². The van der Waals surface area contributed by atoms with Gasteiger partial charge in [-0.15, -0.1) is 0 Å². The second kappa shape index (κ2) is 4.99. The Morgan fingerprint density at radius 3 is 2.89 bits per heavy atom. The maximum absolute atomic E-state index is 12.2. The van der Waals surface area contributed by atoms with Crippen LogP contribution < -0.4 is 5.73 Å². The van der Waals surface area contributed by atoms with Crippen molar-refractivity contribution < 1.29 is 9.53 Å². The van der Waals surface area contributed by atoms with E-state index in [9.17, 15) is 4.79 Å². The lowest BCUT2D eigenvalue weighted by molar-refractivity contribution is -0.123. The van der Waals surface area contributed by atoms with Gasteiger partial charge in [0.05, 0.1) is 29.4 Å². The highest BCUT2D eigenvalue weighted by Gasteiger charge is 2.38. The van der Waals surface area contributed by atoms with Crippen LogP contribution in [0.2, 0.25) is 5.02 Å². The van der Waals surface area contributed by atoms with Crippen LogP contribution >= 0.6 is 11.6 Å². The number of Topliss-reactive ketones (excluding diaryl/α,β-unsaturated/α-hetero) is 1. The van der Waals surface area contributed by atoms with Crippen molar-refractivity contribution in [2.24, 2.45) is 12.8 Å². The van der Waals surface area contributed by atoms with Gasteiger partial charge in [-0.05, 0) is 12.8 Å². The van der Waals surface area contributed by atoms with Crippen LogP contribution in [0.4, 0.5) is 0 Å². The summed E-state index contributed by atoms with van der Waals surface area (Å²) in [5.74, 6) is -0.0347. The first-order valence-corrected chi connectivity index (χ1v) is 6.46. The van der Waals surface area contributed by atoms with Gasteiger partial charge in [0.1, 0.15) is 5.54 Å². The summed E-state index contributed by atoms with van der Waals surface area (Å²) in [5, 5.41) is 4.87. The Labute approximate surface area is 111 Å². The number of ketones is 1. The Bertz CT molecular complexity index is 464. The first-order valence-electron chi connectivity index (χ1n) is 6.08.